The van der Waals surface area contributed by atoms with Crippen molar-refractivity contribution < 1.29 is 28.5 Å². The van der Waals surface area contributed by atoms with E-state index in [-0.39, 0.29) is 0 Å². The van der Waals surface area contributed by atoms with Gasteiger partial charge in [-0.3, -0.25) is 0 Å². The van der Waals surface area contributed by atoms with Crippen LogP contribution in [0, 0.1) is 6.92 Å². The first-order valence-electron chi connectivity index (χ1n) is 14.5. The van der Waals surface area contributed by atoms with Gasteiger partial charge in [-0.05, 0) is 84.7 Å². The van der Waals surface area contributed by atoms with E-state index in [4.69, 9.17) is 18.9 Å². The van der Waals surface area contributed by atoms with E-state index >= 15 is 0 Å². The molecule has 0 bridgehead atoms. The Labute approximate surface area is 254 Å². The van der Waals surface area contributed by atoms with Crippen molar-refractivity contribution in [3.8, 4) is 11.5 Å². The number of carbonyl (C=O) groups is 2. The van der Waals surface area contributed by atoms with Crippen LogP contribution in [0.3, 0.4) is 0 Å². The predicted octanol–water partition coefficient (Wildman–Crippen LogP) is 8.11. The zero-order valence-corrected chi connectivity index (χ0v) is 24.8. The van der Waals surface area contributed by atoms with Gasteiger partial charge >= 0.3 is 11.9 Å². The first kappa shape index (κ1) is 32.7. The highest BCUT2D eigenvalue weighted by Gasteiger charge is 2.00. The molecular weight excluding hydrogens is 540 g/mol. The van der Waals surface area contributed by atoms with Crippen LogP contribution < -0.4 is 9.47 Å². The second-order valence-electron chi connectivity index (χ2n) is 9.78. The maximum absolute atomic E-state index is 11.0. The minimum atomic E-state index is -0.395. The van der Waals surface area contributed by atoms with Gasteiger partial charge in [0.25, 0.3) is 0 Å². The van der Waals surface area contributed by atoms with Crippen LogP contribution in [-0.2, 0) is 19.1 Å². The summed E-state index contributed by atoms with van der Waals surface area (Å²) in [4.78, 5) is 22.0. The van der Waals surface area contributed by atoms with Gasteiger partial charge in [-0.15, -0.1) is 0 Å². The van der Waals surface area contributed by atoms with E-state index in [0.29, 0.717) is 26.4 Å². The van der Waals surface area contributed by atoms with Gasteiger partial charge in [0.2, 0.25) is 0 Å². The average molecular weight is 581 g/mol. The van der Waals surface area contributed by atoms with Gasteiger partial charge in [-0.25, -0.2) is 9.59 Å². The molecule has 0 amide bonds. The van der Waals surface area contributed by atoms with Gasteiger partial charge in [0.05, 0.1) is 26.4 Å². The largest absolute Gasteiger partial charge is 0.494 e. The molecule has 0 saturated heterocycles. The van der Waals surface area contributed by atoms with Crippen molar-refractivity contribution in [2.75, 3.05) is 26.4 Å². The number of carbonyl (C=O) groups excluding carboxylic acids is 2. The van der Waals surface area contributed by atoms with E-state index in [1.807, 2.05) is 48.5 Å². The molecule has 0 aliphatic rings. The summed E-state index contributed by atoms with van der Waals surface area (Å²) in [5.41, 5.74) is 5.67. The SMILES string of the molecule is C=CC(=O)OCCCCOc1ccc(/C=C/c2ccc(/C=C/c3ccc(OCCCCOC(=O)C=C)cc3)c(C)c2)cc1. The molecule has 3 rings (SSSR count). The lowest BCUT2D eigenvalue weighted by Gasteiger charge is -2.07. The van der Waals surface area contributed by atoms with Crippen LogP contribution in [-0.4, -0.2) is 38.4 Å². The number of aryl methyl sites for hydroxylation is 1. The molecule has 43 heavy (non-hydrogen) atoms. The van der Waals surface area contributed by atoms with Crippen LogP contribution in [0.1, 0.15) is 53.5 Å². The van der Waals surface area contributed by atoms with Crippen LogP contribution in [0.5, 0.6) is 11.5 Å². The highest BCUT2D eigenvalue weighted by atomic mass is 16.5. The summed E-state index contributed by atoms with van der Waals surface area (Å²) in [6.45, 7) is 10.8. The van der Waals surface area contributed by atoms with Crippen LogP contribution in [0.2, 0.25) is 0 Å². The minimum Gasteiger partial charge on any atom is -0.494 e. The molecule has 0 heterocycles. The fraction of sp³-hybridized carbons (Fsp3) is 0.243. The number of ether oxygens (including phenoxy) is 4. The van der Waals surface area contributed by atoms with E-state index < -0.39 is 11.9 Å². The van der Waals surface area contributed by atoms with Crippen LogP contribution in [0.4, 0.5) is 0 Å². The number of hydrogen-bond acceptors (Lipinski definition) is 6. The molecule has 6 nitrogen and oxygen atoms in total. The Balaban J connectivity index is 1.41. The fourth-order valence-corrected chi connectivity index (χ4v) is 3.97. The second kappa shape index (κ2) is 18.6. The van der Waals surface area contributed by atoms with Crippen LogP contribution in [0.25, 0.3) is 24.3 Å². The summed E-state index contributed by atoms with van der Waals surface area (Å²) in [7, 11) is 0. The molecule has 0 N–H and O–H groups in total. The topological polar surface area (TPSA) is 71.1 Å². The van der Waals surface area contributed by atoms with Gasteiger partial charge in [-0.1, -0.05) is 79.9 Å². The van der Waals surface area contributed by atoms with Gasteiger partial charge in [-0.2, -0.15) is 0 Å². The molecule has 0 fully saturated rings. The molecule has 0 radical (unpaired) electrons. The fourth-order valence-electron chi connectivity index (χ4n) is 3.97. The van der Waals surface area contributed by atoms with Crippen molar-refractivity contribution >= 4 is 36.2 Å². The number of rotatable bonds is 18. The number of hydrogen-bond donors (Lipinski definition) is 0. The summed E-state index contributed by atoms with van der Waals surface area (Å²) in [6, 6.07) is 22.4. The first-order chi connectivity index (χ1) is 21.0. The highest BCUT2D eigenvalue weighted by Crippen LogP contribution is 2.20. The van der Waals surface area contributed by atoms with E-state index in [0.717, 1.165) is 59.4 Å². The predicted molar refractivity (Wildman–Crippen MR) is 174 cm³/mol. The van der Waals surface area contributed by atoms with Gasteiger partial charge < -0.3 is 18.9 Å². The molecule has 0 unspecified atom stereocenters. The van der Waals surface area contributed by atoms with Crippen LogP contribution >= 0.6 is 0 Å². The third kappa shape index (κ3) is 12.7. The Morgan fingerprint density at radius 3 is 1.47 bits per heavy atom. The van der Waals surface area contributed by atoms with E-state index in [1.54, 1.807) is 0 Å². The van der Waals surface area contributed by atoms with Crippen molar-refractivity contribution in [3.05, 3.63) is 120 Å². The lowest BCUT2D eigenvalue weighted by molar-refractivity contribution is -0.138. The van der Waals surface area contributed by atoms with E-state index in [9.17, 15) is 9.59 Å². The summed E-state index contributed by atoms with van der Waals surface area (Å²) in [6.07, 6.45) is 13.8. The van der Waals surface area contributed by atoms with Gasteiger partial charge in [0.1, 0.15) is 11.5 Å². The molecule has 0 spiro atoms. The normalized spacial score (nSPS) is 10.9. The van der Waals surface area contributed by atoms with Crippen molar-refractivity contribution in [1.29, 1.82) is 0 Å². The second-order valence-corrected chi connectivity index (χ2v) is 9.78. The van der Waals surface area contributed by atoms with E-state index in [2.05, 4.69) is 62.6 Å². The number of esters is 2. The van der Waals surface area contributed by atoms with Crippen molar-refractivity contribution in [3.63, 3.8) is 0 Å². The maximum atomic E-state index is 11.0. The first-order valence-corrected chi connectivity index (χ1v) is 14.5. The molecule has 0 atom stereocenters. The maximum Gasteiger partial charge on any atom is 0.330 e. The van der Waals surface area contributed by atoms with Crippen molar-refractivity contribution in [2.45, 2.75) is 32.6 Å². The lowest BCUT2D eigenvalue weighted by Crippen LogP contribution is -2.04. The summed E-state index contributed by atoms with van der Waals surface area (Å²) < 4.78 is 21.5. The third-order valence-corrected chi connectivity index (χ3v) is 6.41. The summed E-state index contributed by atoms with van der Waals surface area (Å²) >= 11 is 0. The standard InChI is InChI=1S/C37H40O6/c1-4-36(38)42-26-8-6-24-40-34-20-14-30(15-21-34)10-11-32-13-19-33(29(3)28-32)18-12-31-16-22-35(23-17-31)41-25-7-9-27-43-37(39)5-2/h4-5,10-23,28H,1-2,6-9,24-27H2,3H3/b11-10+,18-12+. The van der Waals surface area contributed by atoms with Crippen molar-refractivity contribution in [2.24, 2.45) is 0 Å². The Morgan fingerprint density at radius 2 is 1.00 bits per heavy atom. The Morgan fingerprint density at radius 1 is 0.581 bits per heavy atom. The quantitative estimate of drug-likeness (QED) is 0.0655. The molecule has 0 aromatic heterocycles. The summed E-state index contributed by atoms with van der Waals surface area (Å²) in [5.74, 6) is 0.841. The molecule has 224 valence electrons. The Kier molecular flexibility index (Phi) is 14.1. The van der Waals surface area contributed by atoms with Gasteiger partial charge in [0.15, 0.2) is 0 Å². The zero-order chi connectivity index (χ0) is 30.7. The molecule has 0 saturated carbocycles. The monoisotopic (exact) mass is 580 g/mol. The van der Waals surface area contributed by atoms with Crippen LogP contribution in [0.15, 0.2) is 92.0 Å². The zero-order valence-electron chi connectivity index (χ0n) is 24.8. The Bertz CT molecular complexity index is 1380. The lowest BCUT2D eigenvalue weighted by atomic mass is 10.0. The molecule has 3 aromatic carbocycles. The highest BCUT2D eigenvalue weighted by molar-refractivity contribution is 5.81. The average Bonchev–Trinajstić information content (AvgIpc) is 3.03. The Hall–Kier alpha value is -4.84. The molecular formula is C37H40O6. The minimum absolute atomic E-state index is 0.375. The van der Waals surface area contributed by atoms with E-state index in [1.165, 1.54) is 17.7 Å². The molecule has 0 aliphatic carbocycles. The van der Waals surface area contributed by atoms with Gasteiger partial charge in [0, 0.05) is 12.2 Å². The van der Waals surface area contributed by atoms with Crippen molar-refractivity contribution in [1.82, 2.24) is 0 Å². The molecule has 6 heteroatoms. The summed E-state index contributed by atoms with van der Waals surface area (Å²) in [5, 5.41) is 0. The smallest absolute Gasteiger partial charge is 0.330 e. The number of unbranched alkanes of at least 4 members (excludes halogenated alkanes) is 2. The molecule has 0 aliphatic heterocycles. The molecule has 3 aromatic rings. The third-order valence-electron chi connectivity index (χ3n) is 6.41. The number of benzene rings is 3.